The number of benzene rings is 1. The van der Waals surface area contributed by atoms with Gasteiger partial charge >= 0.3 is 0 Å². The van der Waals surface area contributed by atoms with Crippen molar-refractivity contribution in [2.45, 2.75) is 13.0 Å². The smallest absolute Gasteiger partial charge is 0.180 e. The summed E-state index contributed by atoms with van der Waals surface area (Å²) in [4.78, 5) is 14.7. The van der Waals surface area contributed by atoms with Gasteiger partial charge in [0.25, 0.3) is 0 Å². The van der Waals surface area contributed by atoms with Crippen molar-refractivity contribution in [2.24, 2.45) is 0 Å². The fourth-order valence-corrected chi connectivity index (χ4v) is 2.41. The van der Waals surface area contributed by atoms with E-state index < -0.39 is 0 Å². The number of rotatable bonds is 5. The van der Waals surface area contributed by atoms with Crippen molar-refractivity contribution in [1.82, 2.24) is 15.3 Å². The fourth-order valence-electron chi connectivity index (χ4n) is 2.41. The van der Waals surface area contributed by atoms with Crippen LogP contribution in [0, 0.1) is 0 Å². The lowest BCUT2D eigenvalue weighted by molar-refractivity contribution is 0.0718. The molecule has 3 N–H and O–H groups in total. The van der Waals surface area contributed by atoms with E-state index >= 15 is 0 Å². The second-order valence-electron chi connectivity index (χ2n) is 5.46. The standard InChI is InChI=1S/C15H24N4O2/c1-11(17-19-8-6-18(2)7-9-19)15(20)12-4-5-14(21-3)13(16)10-12/h4-5,10-11,17H,6-9,16H2,1-3H3. The first kappa shape index (κ1) is 15.8. The number of piperazine rings is 1. The summed E-state index contributed by atoms with van der Waals surface area (Å²) in [5.74, 6) is 0.620. The Labute approximate surface area is 125 Å². The van der Waals surface area contributed by atoms with Crippen LogP contribution in [0.4, 0.5) is 5.69 Å². The van der Waals surface area contributed by atoms with Crippen LogP contribution in [0.2, 0.25) is 0 Å². The molecule has 1 atom stereocenters. The summed E-state index contributed by atoms with van der Waals surface area (Å²) in [5.41, 5.74) is 10.2. The van der Waals surface area contributed by atoms with E-state index in [0.29, 0.717) is 17.0 Å². The highest BCUT2D eigenvalue weighted by molar-refractivity contribution is 6.00. The van der Waals surface area contributed by atoms with Crippen molar-refractivity contribution in [2.75, 3.05) is 46.1 Å². The van der Waals surface area contributed by atoms with E-state index in [4.69, 9.17) is 10.5 Å². The highest BCUT2D eigenvalue weighted by Crippen LogP contribution is 2.22. The minimum absolute atomic E-state index is 0.0308. The number of ether oxygens (including phenoxy) is 1. The lowest BCUT2D eigenvalue weighted by Crippen LogP contribution is -2.54. The average molecular weight is 292 g/mol. The van der Waals surface area contributed by atoms with Crippen LogP contribution in [0.5, 0.6) is 5.75 Å². The minimum Gasteiger partial charge on any atom is -0.495 e. The lowest BCUT2D eigenvalue weighted by atomic mass is 10.0. The number of carbonyl (C=O) groups is 1. The second kappa shape index (κ2) is 6.89. The van der Waals surface area contributed by atoms with E-state index in [-0.39, 0.29) is 11.8 Å². The Morgan fingerprint density at radius 3 is 2.57 bits per heavy atom. The molecule has 1 fully saturated rings. The molecule has 1 unspecified atom stereocenters. The number of hydrazine groups is 1. The molecule has 0 amide bonds. The molecule has 1 aliphatic rings. The van der Waals surface area contributed by atoms with Gasteiger partial charge in [0.2, 0.25) is 0 Å². The van der Waals surface area contributed by atoms with Crippen molar-refractivity contribution in [3.63, 3.8) is 0 Å². The topological polar surface area (TPSA) is 70.8 Å². The van der Waals surface area contributed by atoms with Gasteiger partial charge in [-0.1, -0.05) is 0 Å². The van der Waals surface area contributed by atoms with E-state index in [0.717, 1.165) is 26.2 Å². The molecule has 116 valence electrons. The predicted octanol–water partition coefficient (Wildman–Crippen LogP) is 0.601. The normalized spacial score (nSPS) is 18.4. The van der Waals surface area contributed by atoms with Crippen LogP contribution in [0.15, 0.2) is 18.2 Å². The van der Waals surface area contributed by atoms with Gasteiger partial charge in [-0.15, -0.1) is 0 Å². The highest BCUT2D eigenvalue weighted by atomic mass is 16.5. The van der Waals surface area contributed by atoms with Crippen molar-refractivity contribution in [3.8, 4) is 5.75 Å². The second-order valence-corrected chi connectivity index (χ2v) is 5.46. The molecule has 0 radical (unpaired) electrons. The summed E-state index contributed by atoms with van der Waals surface area (Å²) >= 11 is 0. The maximum absolute atomic E-state index is 12.4. The van der Waals surface area contributed by atoms with E-state index in [1.54, 1.807) is 25.3 Å². The van der Waals surface area contributed by atoms with Crippen LogP contribution in [0.1, 0.15) is 17.3 Å². The molecule has 6 nitrogen and oxygen atoms in total. The Bertz CT molecular complexity index is 498. The Balaban J connectivity index is 1.97. The largest absolute Gasteiger partial charge is 0.495 e. The first-order valence-corrected chi connectivity index (χ1v) is 7.18. The monoisotopic (exact) mass is 292 g/mol. The minimum atomic E-state index is -0.277. The molecule has 1 aromatic carbocycles. The van der Waals surface area contributed by atoms with E-state index in [9.17, 15) is 4.79 Å². The van der Waals surface area contributed by atoms with Crippen molar-refractivity contribution in [1.29, 1.82) is 0 Å². The average Bonchev–Trinajstić information content (AvgIpc) is 2.48. The maximum Gasteiger partial charge on any atom is 0.180 e. The number of nitrogens with zero attached hydrogens (tertiary/aromatic N) is 2. The summed E-state index contributed by atoms with van der Waals surface area (Å²) < 4.78 is 5.11. The number of nitrogens with one attached hydrogen (secondary N) is 1. The molecule has 21 heavy (non-hydrogen) atoms. The molecule has 1 heterocycles. The van der Waals surface area contributed by atoms with E-state index in [1.807, 2.05) is 6.92 Å². The zero-order valence-electron chi connectivity index (χ0n) is 12.9. The Hall–Kier alpha value is -1.63. The van der Waals surface area contributed by atoms with Gasteiger partial charge in [0.1, 0.15) is 5.75 Å². The Morgan fingerprint density at radius 1 is 1.33 bits per heavy atom. The summed E-state index contributed by atoms with van der Waals surface area (Å²) in [6.07, 6.45) is 0. The van der Waals surface area contributed by atoms with Gasteiger partial charge in [-0.3, -0.25) is 4.79 Å². The lowest BCUT2D eigenvalue weighted by Gasteiger charge is -2.34. The number of anilines is 1. The number of ketones is 1. The molecular weight excluding hydrogens is 268 g/mol. The molecule has 1 saturated heterocycles. The molecule has 0 saturated carbocycles. The molecule has 0 aromatic heterocycles. The highest BCUT2D eigenvalue weighted by Gasteiger charge is 2.21. The third kappa shape index (κ3) is 3.93. The summed E-state index contributed by atoms with van der Waals surface area (Å²) in [6.45, 7) is 5.71. The van der Waals surface area contributed by atoms with Crippen LogP contribution in [0.25, 0.3) is 0 Å². The van der Waals surface area contributed by atoms with Gasteiger partial charge in [-0.25, -0.2) is 10.4 Å². The molecule has 1 aromatic rings. The number of Topliss-reactive ketones (excluding diaryl/α,β-unsaturated/α-hetero) is 1. The van der Waals surface area contributed by atoms with Crippen LogP contribution in [0.3, 0.4) is 0 Å². The number of carbonyl (C=O) groups excluding carboxylic acids is 1. The number of methoxy groups -OCH3 is 1. The molecule has 0 spiro atoms. The van der Waals surface area contributed by atoms with E-state index in [2.05, 4.69) is 22.4 Å². The fraction of sp³-hybridized carbons (Fsp3) is 0.533. The summed E-state index contributed by atoms with van der Waals surface area (Å²) in [5, 5.41) is 2.11. The molecule has 6 heteroatoms. The molecule has 2 rings (SSSR count). The summed E-state index contributed by atoms with van der Waals surface area (Å²) in [7, 11) is 3.66. The number of nitrogen functional groups attached to an aromatic ring is 1. The van der Waals surface area contributed by atoms with Crippen LogP contribution >= 0.6 is 0 Å². The number of likely N-dealkylation sites (N-methyl/N-ethyl adjacent to an activating group) is 1. The predicted molar refractivity (Wildman–Crippen MR) is 83.4 cm³/mol. The van der Waals surface area contributed by atoms with Gasteiger partial charge in [0.15, 0.2) is 5.78 Å². The number of hydrogen-bond acceptors (Lipinski definition) is 6. The molecule has 0 bridgehead atoms. The van der Waals surface area contributed by atoms with Gasteiger partial charge in [0, 0.05) is 31.7 Å². The van der Waals surface area contributed by atoms with Crippen LogP contribution in [-0.2, 0) is 0 Å². The third-order valence-corrected chi connectivity index (χ3v) is 3.79. The van der Waals surface area contributed by atoms with Crippen molar-refractivity contribution < 1.29 is 9.53 Å². The third-order valence-electron chi connectivity index (χ3n) is 3.79. The van der Waals surface area contributed by atoms with Crippen LogP contribution in [-0.4, -0.2) is 62.1 Å². The molecule has 1 aliphatic heterocycles. The summed E-state index contributed by atoms with van der Waals surface area (Å²) in [6, 6.07) is 4.87. The number of hydrogen-bond donors (Lipinski definition) is 2. The maximum atomic E-state index is 12.4. The molecular formula is C15H24N4O2. The van der Waals surface area contributed by atoms with Gasteiger partial charge < -0.3 is 15.4 Å². The van der Waals surface area contributed by atoms with Gasteiger partial charge in [-0.05, 0) is 32.2 Å². The SMILES string of the molecule is COc1ccc(C(=O)C(C)NN2CCN(C)CC2)cc1N. The quantitative estimate of drug-likeness (QED) is 0.612. The van der Waals surface area contributed by atoms with Gasteiger partial charge in [-0.2, -0.15) is 0 Å². The zero-order chi connectivity index (χ0) is 15.4. The Morgan fingerprint density at radius 2 is 2.00 bits per heavy atom. The first-order chi connectivity index (χ1) is 10.0. The van der Waals surface area contributed by atoms with E-state index in [1.165, 1.54) is 0 Å². The number of nitrogens with two attached hydrogens (primary N) is 1. The first-order valence-electron chi connectivity index (χ1n) is 7.18. The van der Waals surface area contributed by atoms with Gasteiger partial charge in [0.05, 0.1) is 18.8 Å². The van der Waals surface area contributed by atoms with Crippen molar-refractivity contribution >= 4 is 11.5 Å². The van der Waals surface area contributed by atoms with Crippen LogP contribution < -0.4 is 15.9 Å². The van der Waals surface area contributed by atoms with Crippen molar-refractivity contribution in [3.05, 3.63) is 23.8 Å². The Kier molecular flexibility index (Phi) is 5.17. The zero-order valence-corrected chi connectivity index (χ0v) is 12.9. The molecule has 0 aliphatic carbocycles.